The third kappa shape index (κ3) is 4.18. The van der Waals surface area contributed by atoms with Gasteiger partial charge >= 0.3 is 0 Å². The normalized spacial score (nSPS) is 15.3. The molecule has 0 aliphatic carbocycles. The molecule has 0 spiro atoms. The van der Waals surface area contributed by atoms with E-state index in [1.54, 1.807) is 19.4 Å². The summed E-state index contributed by atoms with van der Waals surface area (Å²) in [7, 11) is 1.59. The van der Waals surface area contributed by atoms with Gasteiger partial charge in [-0.2, -0.15) is 4.98 Å². The van der Waals surface area contributed by atoms with Crippen molar-refractivity contribution in [2.75, 3.05) is 20.2 Å². The molecule has 3 rings (SSSR count). The molecule has 1 saturated heterocycles. The Morgan fingerprint density at radius 2 is 2.14 bits per heavy atom. The molecule has 0 saturated carbocycles. The minimum absolute atomic E-state index is 0. The first-order chi connectivity index (χ1) is 10.3. The molecule has 120 valence electrons. The van der Waals surface area contributed by atoms with Crippen molar-refractivity contribution in [3.8, 4) is 17.3 Å². The molecule has 0 atom stereocenters. The maximum absolute atomic E-state index is 5.33. The van der Waals surface area contributed by atoms with Gasteiger partial charge in [0.2, 0.25) is 17.6 Å². The van der Waals surface area contributed by atoms with E-state index in [2.05, 4.69) is 20.4 Å². The first kappa shape index (κ1) is 16.7. The summed E-state index contributed by atoms with van der Waals surface area (Å²) < 4.78 is 10.4. The van der Waals surface area contributed by atoms with Gasteiger partial charge in [0.05, 0.1) is 7.11 Å². The van der Waals surface area contributed by atoms with Crippen molar-refractivity contribution in [2.45, 2.75) is 25.7 Å². The number of piperidine rings is 1. The number of pyridine rings is 1. The van der Waals surface area contributed by atoms with Gasteiger partial charge in [0.15, 0.2) is 0 Å². The lowest BCUT2D eigenvalue weighted by molar-refractivity contribution is 0.324. The van der Waals surface area contributed by atoms with Crippen LogP contribution in [0.4, 0.5) is 0 Å². The van der Waals surface area contributed by atoms with Crippen molar-refractivity contribution < 1.29 is 9.26 Å². The van der Waals surface area contributed by atoms with Crippen molar-refractivity contribution in [1.82, 2.24) is 20.4 Å². The number of rotatable bonds is 5. The second-order valence-corrected chi connectivity index (χ2v) is 5.33. The molecule has 6 nitrogen and oxygen atoms in total. The molecule has 22 heavy (non-hydrogen) atoms. The highest BCUT2D eigenvalue weighted by Crippen LogP contribution is 2.20. The molecular weight excluding hydrogens is 304 g/mol. The summed E-state index contributed by atoms with van der Waals surface area (Å²) in [6.45, 7) is 2.24. The van der Waals surface area contributed by atoms with Gasteiger partial charge in [0.1, 0.15) is 0 Å². The van der Waals surface area contributed by atoms with Crippen LogP contribution in [-0.4, -0.2) is 35.3 Å². The van der Waals surface area contributed by atoms with E-state index >= 15 is 0 Å². The topological polar surface area (TPSA) is 73.1 Å². The van der Waals surface area contributed by atoms with Crippen molar-refractivity contribution in [1.29, 1.82) is 0 Å². The molecule has 2 aromatic rings. The second-order valence-electron chi connectivity index (χ2n) is 5.33. The van der Waals surface area contributed by atoms with Gasteiger partial charge in [-0.1, -0.05) is 5.16 Å². The van der Waals surface area contributed by atoms with Crippen LogP contribution in [0.2, 0.25) is 0 Å². The van der Waals surface area contributed by atoms with Gasteiger partial charge in [0.25, 0.3) is 0 Å². The highest BCUT2D eigenvalue weighted by molar-refractivity contribution is 5.85. The van der Waals surface area contributed by atoms with Gasteiger partial charge in [-0.05, 0) is 44.3 Å². The zero-order chi connectivity index (χ0) is 14.5. The van der Waals surface area contributed by atoms with E-state index in [0.717, 1.165) is 37.4 Å². The zero-order valence-corrected chi connectivity index (χ0v) is 13.4. The number of methoxy groups -OCH3 is 1. The fourth-order valence-corrected chi connectivity index (χ4v) is 2.60. The molecule has 0 amide bonds. The molecule has 0 radical (unpaired) electrons. The summed E-state index contributed by atoms with van der Waals surface area (Å²) in [6.07, 6.45) is 6.14. The first-order valence-electron chi connectivity index (χ1n) is 7.39. The molecular formula is C15H21ClN4O2. The van der Waals surface area contributed by atoms with E-state index in [9.17, 15) is 0 Å². The maximum Gasteiger partial charge on any atom is 0.226 e. The van der Waals surface area contributed by atoms with Crippen LogP contribution >= 0.6 is 12.4 Å². The van der Waals surface area contributed by atoms with Gasteiger partial charge < -0.3 is 14.6 Å². The molecule has 1 fully saturated rings. The average Bonchev–Trinajstić information content (AvgIpc) is 3.03. The lowest BCUT2D eigenvalue weighted by Gasteiger charge is -2.21. The highest BCUT2D eigenvalue weighted by atomic mass is 35.5. The number of halogens is 1. The van der Waals surface area contributed by atoms with E-state index in [0.29, 0.717) is 17.6 Å². The number of hydrogen-bond acceptors (Lipinski definition) is 6. The largest absolute Gasteiger partial charge is 0.481 e. The molecule has 1 aliphatic rings. The minimum Gasteiger partial charge on any atom is -0.481 e. The SMILES string of the molecule is COc1ccc(-c2noc(CCC3CCNCC3)n2)cn1.Cl. The number of aryl methyl sites for hydroxylation is 1. The molecule has 0 aromatic carbocycles. The third-order valence-electron chi connectivity index (χ3n) is 3.90. The van der Waals surface area contributed by atoms with E-state index in [-0.39, 0.29) is 12.4 Å². The van der Waals surface area contributed by atoms with Crippen molar-refractivity contribution in [3.05, 3.63) is 24.2 Å². The van der Waals surface area contributed by atoms with Crippen LogP contribution in [0.1, 0.15) is 25.2 Å². The number of aromatic nitrogens is 3. The summed E-state index contributed by atoms with van der Waals surface area (Å²) in [5, 5.41) is 7.41. The minimum atomic E-state index is 0. The monoisotopic (exact) mass is 324 g/mol. The third-order valence-corrected chi connectivity index (χ3v) is 3.90. The number of nitrogens with zero attached hydrogens (tertiary/aromatic N) is 3. The Labute approximate surface area is 136 Å². The zero-order valence-electron chi connectivity index (χ0n) is 12.6. The summed E-state index contributed by atoms with van der Waals surface area (Å²) in [6, 6.07) is 3.67. The van der Waals surface area contributed by atoms with Gasteiger partial charge in [-0.25, -0.2) is 4.98 Å². The quantitative estimate of drug-likeness (QED) is 0.911. The van der Waals surface area contributed by atoms with Crippen LogP contribution in [0, 0.1) is 5.92 Å². The first-order valence-corrected chi connectivity index (χ1v) is 7.39. The van der Waals surface area contributed by atoms with Crippen molar-refractivity contribution >= 4 is 12.4 Å². The fourth-order valence-electron chi connectivity index (χ4n) is 2.60. The lowest BCUT2D eigenvalue weighted by Crippen LogP contribution is -2.27. The summed E-state index contributed by atoms with van der Waals surface area (Å²) in [4.78, 5) is 8.60. The van der Waals surface area contributed by atoms with Crippen molar-refractivity contribution in [3.63, 3.8) is 0 Å². The van der Waals surface area contributed by atoms with Crippen molar-refractivity contribution in [2.24, 2.45) is 5.92 Å². The Hall–Kier alpha value is -1.66. The Morgan fingerprint density at radius 3 is 2.82 bits per heavy atom. The summed E-state index contributed by atoms with van der Waals surface area (Å²) in [5.74, 6) is 2.64. The van der Waals surface area contributed by atoms with Crippen LogP contribution in [0.5, 0.6) is 5.88 Å². The predicted molar refractivity (Wildman–Crippen MR) is 85.2 cm³/mol. The Morgan fingerprint density at radius 1 is 1.32 bits per heavy atom. The van der Waals surface area contributed by atoms with Gasteiger partial charge in [-0.15, -0.1) is 12.4 Å². The van der Waals surface area contributed by atoms with Gasteiger partial charge in [0, 0.05) is 24.2 Å². The van der Waals surface area contributed by atoms with Gasteiger partial charge in [-0.3, -0.25) is 0 Å². The fraction of sp³-hybridized carbons (Fsp3) is 0.533. The lowest BCUT2D eigenvalue weighted by atomic mass is 9.93. The smallest absolute Gasteiger partial charge is 0.226 e. The molecule has 1 aliphatic heterocycles. The summed E-state index contributed by atoms with van der Waals surface area (Å²) in [5.41, 5.74) is 0.840. The van der Waals surface area contributed by atoms with Crippen LogP contribution in [-0.2, 0) is 6.42 Å². The highest BCUT2D eigenvalue weighted by Gasteiger charge is 2.15. The molecule has 0 bridgehead atoms. The maximum atomic E-state index is 5.33. The second kappa shape index (κ2) is 8.10. The van der Waals surface area contributed by atoms with E-state index < -0.39 is 0 Å². The van der Waals surface area contributed by atoms with Crippen LogP contribution < -0.4 is 10.1 Å². The predicted octanol–water partition coefficient (Wildman–Crippen LogP) is 2.49. The Kier molecular flexibility index (Phi) is 6.15. The molecule has 0 unspecified atom stereocenters. The summed E-state index contributed by atoms with van der Waals surface area (Å²) >= 11 is 0. The number of ether oxygens (including phenoxy) is 1. The van der Waals surface area contributed by atoms with E-state index in [1.807, 2.05) is 6.07 Å². The van der Waals surface area contributed by atoms with Crippen LogP contribution in [0.15, 0.2) is 22.9 Å². The van der Waals surface area contributed by atoms with E-state index in [1.165, 1.54) is 12.8 Å². The number of nitrogens with one attached hydrogen (secondary N) is 1. The average molecular weight is 325 g/mol. The molecule has 7 heteroatoms. The molecule has 1 N–H and O–H groups in total. The van der Waals surface area contributed by atoms with Crippen LogP contribution in [0.25, 0.3) is 11.4 Å². The number of hydrogen-bond donors (Lipinski definition) is 1. The standard InChI is InChI=1S/C15H20N4O2.ClH/c1-20-13-5-3-12(10-17-13)15-18-14(21-19-15)4-2-11-6-8-16-9-7-11;/h3,5,10-11,16H,2,4,6-9H2,1H3;1H. The molecule has 2 aromatic heterocycles. The Balaban J connectivity index is 0.00000176. The van der Waals surface area contributed by atoms with E-state index in [4.69, 9.17) is 9.26 Å². The van der Waals surface area contributed by atoms with Crippen LogP contribution in [0.3, 0.4) is 0 Å². The molecule has 3 heterocycles. The Bertz CT molecular complexity index is 567.